The maximum absolute atomic E-state index is 10.8. The first kappa shape index (κ1) is 11.8. The monoisotopic (exact) mass is 229 g/mol. The summed E-state index contributed by atoms with van der Waals surface area (Å²) in [6, 6.07) is 3.82. The van der Waals surface area contributed by atoms with Crippen LogP contribution >= 0.6 is 11.6 Å². The summed E-state index contributed by atoms with van der Waals surface area (Å²) in [5, 5.41) is 21.0. The Kier molecular flexibility index (Phi) is 3.94. The van der Waals surface area contributed by atoms with Gasteiger partial charge >= 0.3 is 5.97 Å². The third-order valence-corrected chi connectivity index (χ3v) is 2.46. The fraction of sp³-hybridized carbons (Fsp3) is 0.300. The lowest BCUT2D eigenvalue weighted by Crippen LogP contribution is -2.35. The Hall–Kier alpha value is -1.26. The summed E-state index contributed by atoms with van der Waals surface area (Å²) in [6.07, 6.45) is 0.283. The van der Waals surface area contributed by atoms with Gasteiger partial charge in [0.15, 0.2) is 0 Å². The van der Waals surface area contributed by atoms with Gasteiger partial charge in [-0.3, -0.25) is 4.79 Å². The lowest BCUT2D eigenvalue weighted by Gasteiger charge is -2.12. The molecule has 0 saturated heterocycles. The molecule has 0 aromatic heterocycles. The first-order chi connectivity index (χ1) is 7.04. The maximum atomic E-state index is 10.8. The van der Waals surface area contributed by atoms with E-state index in [4.69, 9.17) is 21.8 Å². The minimum absolute atomic E-state index is 0.0695. The summed E-state index contributed by atoms with van der Waals surface area (Å²) < 4.78 is 0. The van der Waals surface area contributed by atoms with Gasteiger partial charge in [-0.2, -0.15) is 0 Å². The molecule has 0 fully saturated rings. The van der Waals surface area contributed by atoms with E-state index in [0.717, 1.165) is 0 Å². The quantitative estimate of drug-likeness (QED) is 0.727. The van der Waals surface area contributed by atoms with Crippen LogP contribution in [0, 0.1) is 0 Å². The number of phenolic OH excluding ortho intramolecular Hbond substituents is 1. The van der Waals surface area contributed by atoms with Gasteiger partial charge in [0.2, 0.25) is 0 Å². The predicted octanol–water partition coefficient (Wildman–Crippen LogP) is 1.26. The van der Waals surface area contributed by atoms with Crippen LogP contribution in [0.2, 0.25) is 5.02 Å². The Morgan fingerprint density at radius 2 is 2.27 bits per heavy atom. The smallest absolute Gasteiger partial charge is 0.321 e. The first-order valence-corrected chi connectivity index (χ1v) is 4.80. The normalized spacial score (nSPS) is 12.4. The van der Waals surface area contributed by atoms with Gasteiger partial charge in [-0.05, 0) is 31.2 Å². The van der Waals surface area contributed by atoms with Crippen molar-refractivity contribution in [2.45, 2.75) is 12.5 Å². The summed E-state index contributed by atoms with van der Waals surface area (Å²) in [5.41, 5.74) is 0.691. The molecule has 1 aromatic carbocycles. The van der Waals surface area contributed by atoms with Crippen molar-refractivity contribution in [1.82, 2.24) is 5.32 Å². The minimum atomic E-state index is -0.929. The van der Waals surface area contributed by atoms with Crippen molar-refractivity contribution < 1.29 is 15.0 Å². The number of benzene rings is 1. The van der Waals surface area contributed by atoms with Crippen molar-refractivity contribution in [3.8, 4) is 5.75 Å². The maximum Gasteiger partial charge on any atom is 0.321 e. The summed E-state index contributed by atoms with van der Waals surface area (Å²) >= 11 is 5.85. The van der Waals surface area contributed by atoms with Crippen LogP contribution in [0.15, 0.2) is 18.2 Å². The van der Waals surface area contributed by atoms with Crippen molar-refractivity contribution in [2.24, 2.45) is 0 Å². The molecule has 15 heavy (non-hydrogen) atoms. The highest BCUT2D eigenvalue weighted by molar-refractivity contribution is 6.31. The van der Waals surface area contributed by atoms with E-state index in [0.29, 0.717) is 10.6 Å². The van der Waals surface area contributed by atoms with E-state index in [9.17, 15) is 4.79 Å². The van der Waals surface area contributed by atoms with Crippen molar-refractivity contribution in [1.29, 1.82) is 0 Å². The predicted molar refractivity (Wildman–Crippen MR) is 57.3 cm³/mol. The molecule has 5 heteroatoms. The van der Waals surface area contributed by atoms with E-state index in [2.05, 4.69) is 5.32 Å². The topological polar surface area (TPSA) is 69.6 Å². The Morgan fingerprint density at radius 1 is 1.60 bits per heavy atom. The average Bonchev–Trinajstić information content (AvgIpc) is 2.16. The summed E-state index contributed by atoms with van der Waals surface area (Å²) in [6.45, 7) is 0. The summed E-state index contributed by atoms with van der Waals surface area (Å²) in [7, 11) is 1.58. The van der Waals surface area contributed by atoms with Crippen LogP contribution < -0.4 is 5.32 Å². The Balaban J connectivity index is 2.84. The van der Waals surface area contributed by atoms with Gasteiger partial charge in [-0.1, -0.05) is 17.7 Å². The zero-order chi connectivity index (χ0) is 11.4. The first-order valence-electron chi connectivity index (χ1n) is 4.42. The van der Waals surface area contributed by atoms with Gasteiger partial charge in [-0.15, -0.1) is 0 Å². The van der Waals surface area contributed by atoms with E-state index in [1.165, 1.54) is 12.1 Å². The molecule has 3 N–H and O–H groups in total. The molecule has 0 radical (unpaired) electrons. The molecule has 1 rings (SSSR count). The van der Waals surface area contributed by atoms with Crippen LogP contribution in [0.1, 0.15) is 5.56 Å². The van der Waals surface area contributed by atoms with Gasteiger partial charge in [-0.25, -0.2) is 0 Å². The van der Waals surface area contributed by atoms with Crippen LogP contribution in [0.5, 0.6) is 5.75 Å². The molecular formula is C10H12ClNO3. The van der Waals surface area contributed by atoms with Crippen LogP contribution in [0.4, 0.5) is 0 Å². The average molecular weight is 230 g/mol. The second-order valence-corrected chi connectivity index (χ2v) is 3.57. The molecule has 0 aliphatic rings. The third kappa shape index (κ3) is 3.11. The highest BCUT2D eigenvalue weighted by Crippen LogP contribution is 2.22. The van der Waals surface area contributed by atoms with Gasteiger partial charge in [0.25, 0.3) is 0 Å². The number of rotatable bonds is 4. The number of hydrogen-bond acceptors (Lipinski definition) is 3. The Labute approximate surface area is 92.5 Å². The minimum Gasteiger partial charge on any atom is -0.508 e. The summed E-state index contributed by atoms with van der Waals surface area (Å²) in [5.74, 6) is -0.860. The SMILES string of the molecule is CN[C@H](Cc1ccc(O)cc1Cl)C(=O)O. The van der Waals surface area contributed by atoms with Crippen LogP contribution in [-0.4, -0.2) is 29.3 Å². The van der Waals surface area contributed by atoms with Crippen LogP contribution in [0.25, 0.3) is 0 Å². The highest BCUT2D eigenvalue weighted by Gasteiger charge is 2.16. The third-order valence-electron chi connectivity index (χ3n) is 2.11. The molecule has 0 spiro atoms. The van der Waals surface area contributed by atoms with Gasteiger partial charge in [0.1, 0.15) is 11.8 Å². The number of likely N-dealkylation sites (N-methyl/N-ethyl adjacent to an activating group) is 1. The second-order valence-electron chi connectivity index (χ2n) is 3.16. The number of aliphatic carboxylic acids is 1. The number of carbonyl (C=O) groups is 1. The highest BCUT2D eigenvalue weighted by atomic mass is 35.5. The number of carboxylic acids is 1. The van der Waals surface area contributed by atoms with Crippen molar-refractivity contribution >= 4 is 17.6 Å². The fourth-order valence-electron chi connectivity index (χ4n) is 1.23. The summed E-state index contributed by atoms with van der Waals surface area (Å²) in [4.78, 5) is 10.8. The van der Waals surface area contributed by atoms with Gasteiger partial charge < -0.3 is 15.5 Å². The zero-order valence-corrected chi connectivity index (χ0v) is 8.95. The number of carboxylic acid groups (broad SMARTS) is 1. The standard InChI is InChI=1S/C10H12ClNO3/c1-12-9(10(14)15)4-6-2-3-7(13)5-8(6)11/h2-3,5,9,12-13H,4H2,1H3,(H,14,15)/t9-/m1/s1. The molecule has 0 aliphatic carbocycles. The molecule has 1 aromatic rings. The second kappa shape index (κ2) is 5.00. The van der Waals surface area contributed by atoms with E-state index < -0.39 is 12.0 Å². The lowest BCUT2D eigenvalue weighted by molar-refractivity contribution is -0.139. The Bertz CT molecular complexity index is 368. The van der Waals surface area contributed by atoms with E-state index in [1.54, 1.807) is 13.1 Å². The van der Waals surface area contributed by atoms with Crippen molar-refractivity contribution in [3.63, 3.8) is 0 Å². The molecule has 0 aliphatic heterocycles. The fourth-order valence-corrected chi connectivity index (χ4v) is 1.49. The molecule has 0 saturated carbocycles. The Morgan fingerprint density at radius 3 is 2.73 bits per heavy atom. The number of halogens is 1. The molecule has 0 heterocycles. The van der Waals surface area contributed by atoms with Crippen molar-refractivity contribution in [3.05, 3.63) is 28.8 Å². The number of phenols is 1. The zero-order valence-electron chi connectivity index (χ0n) is 8.20. The van der Waals surface area contributed by atoms with Gasteiger partial charge in [0, 0.05) is 5.02 Å². The van der Waals surface area contributed by atoms with E-state index >= 15 is 0 Å². The lowest BCUT2D eigenvalue weighted by atomic mass is 10.1. The number of nitrogens with one attached hydrogen (secondary N) is 1. The van der Waals surface area contributed by atoms with Crippen LogP contribution in [-0.2, 0) is 11.2 Å². The van der Waals surface area contributed by atoms with Gasteiger partial charge in [0.05, 0.1) is 0 Å². The molecule has 0 bridgehead atoms. The molecule has 1 atom stereocenters. The number of hydrogen-bond donors (Lipinski definition) is 3. The number of aromatic hydroxyl groups is 1. The molecule has 4 nitrogen and oxygen atoms in total. The van der Waals surface area contributed by atoms with Crippen molar-refractivity contribution in [2.75, 3.05) is 7.05 Å². The molecule has 0 amide bonds. The van der Waals surface area contributed by atoms with E-state index in [-0.39, 0.29) is 12.2 Å². The molecule has 82 valence electrons. The molecular weight excluding hydrogens is 218 g/mol. The van der Waals surface area contributed by atoms with Crippen LogP contribution in [0.3, 0.4) is 0 Å². The molecule has 0 unspecified atom stereocenters. The van der Waals surface area contributed by atoms with E-state index in [1.807, 2.05) is 0 Å². The largest absolute Gasteiger partial charge is 0.508 e.